The summed E-state index contributed by atoms with van der Waals surface area (Å²) >= 11 is 0. The highest BCUT2D eigenvalue weighted by atomic mass is 16.6. The van der Waals surface area contributed by atoms with E-state index in [0.717, 1.165) is 5.56 Å². The van der Waals surface area contributed by atoms with Crippen molar-refractivity contribution in [3.63, 3.8) is 0 Å². The molecule has 0 fully saturated rings. The number of nitrogens with two attached hydrogens (primary N) is 1. The van der Waals surface area contributed by atoms with E-state index in [1.807, 2.05) is 19.9 Å². The van der Waals surface area contributed by atoms with Crippen LogP contribution in [0.3, 0.4) is 0 Å². The van der Waals surface area contributed by atoms with Crippen molar-refractivity contribution in [2.24, 2.45) is 11.7 Å². The van der Waals surface area contributed by atoms with Crippen molar-refractivity contribution >= 4 is 35.7 Å². The number of ether oxygens (including phenoxy) is 2. The number of amides is 5. The number of H-pyrrole nitrogens is 1. The minimum Gasteiger partial charge on any atom is -0.459 e. The third-order valence-corrected chi connectivity index (χ3v) is 6.01. The maximum absolute atomic E-state index is 13.4. The lowest BCUT2D eigenvalue weighted by Crippen LogP contribution is -2.58. The van der Waals surface area contributed by atoms with Crippen molar-refractivity contribution in [1.82, 2.24) is 31.2 Å². The quantitative estimate of drug-likeness (QED) is 0.143. The first-order valence-corrected chi connectivity index (χ1v) is 14.5. The number of benzene rings is 1. The number of carbonyl (C=O) groups excluding carboxylic acids is 6. The van der Waals surface area contributed by atoms with Gasteiger partial charge in [0.25, 0.3) is 0 Å². The van der Waals surface area contributed by atoms with Crippen LogP contribution in [0, 0.1) is 5.92 Å². The van der Waals surface area contributed by atoms with Gasteiger partial charge in [0, 0.05) is 18.3 Å². The van der Waals surface area contributed by atoms with Gasteiger partial charge in [-0.3, -0.25) is 24.0 Å². The molecule has 1 aromatic heterocycles. The fourth-order valence-corrected chi connectivity index (χ4v) is 4.05. The number of rotatable bonds is 16. The molecule has 0 aliphatic rings. The molecule has 0 unspecified atom stereocenters. The molecule has 0 spiro atoms. The molecule has 0 radical (unpaired) electrons. The summed E-state index contributed by atoms with van der Waals surface area (Å²) in [5.74, 6) is -3.97. The molecule has 15 heteroatoms. The van der Waals surface area contributed by atoms with Gasteiger partial charge in [-0.1, -0.05) is 44.2 Å². The summed E-state index contributed by atoms with van der Waals surface area (Å²) in [5.41, 5.74) is 5.84. The Morgan fingerprint density at radius 1 is 0.911 bits per heavy atom. The van der Waals surface area contributed by atoms with Crippen molar-refractivity contribution < 1.29 is 38.2 Å². The topological polar surface area (TPSA) is 224 Å². The molecule has 7 N–H and O–H groups in total. The third kappa shape index (κ3) is 14.4. The van der Waals surface area contributed by atoms with E-state index in [1.165, 1.54) is 12.5 Å². The Kier molecular flexibility index (Phi) is 14.0. The number of hydrogen-bond donors (Lipinski definition) is 6. The Balaban J connectivity index is 2.14. The van der Waals surface area contributed by atoms with Crippen molar-refractivity contribution in [2.45, 2.75) is 84.2 Å². The van der Waals surface area contributed by atoms with Gasteiger partial charge in [0.15, 0.2) is 0 Å². The molecule has 0 bridgehead atoms. The lowest BCUT2D eigenvalue weighted by Gasteiger charge is -2.25. The smallest absolute Gasteiger partial charge is 0.408 e. The molecular weight excluding hydrogens is 586 g/mol. The van der Waals surface area contributed by atoms with Crippen LogP contribution in [0.1, 0.15) is 58.7 Å². The summed E-state index contributed by atoms with van der Waals surface area (Å²) in [7, 11) is 0. The van der Waals surface area contributed by atoms with Gasteiger partial charge in [-0.15, -0.1) is 0 Å². The van der Waals surface area contributed by atoms with Crippen LogP contribution in [-0.4, -0.2) is 75.9 Å². The fourth-order valence-electron chi connectivity index (χ4n) is 4.05. The van der Waals surface area contributed by atoms with Crippen LogP contribution in [0.4, 0.5) is 4.79 Å². The average molecular weight is 630 g/mol. The number of hydrogen-bond acceptors (Lipinski definition) is 9. The predicted molar refractivity (Wildman–Crippen MR) is 162 cm³/mol. The summed E-state index contributed by atoms with van der Waals surface area (Å²) < 4.78 is 10.4. The second kappa shape index (κ2) is 17.4. The molecule has 0 aliphatic carbocycles. The van der Waals surface area contributed by atoms with Crippen LogP contribution in [0.25, 0.3) is 0 Å². The monoisotopic (exact) mass is 629 g/mol. The van der Waals surface area contributed by atoms with Gasteiger partial charge < -0.3 is 41.5 Å². The molecule has 2 aromatic rings. The van der Waals surface area contributed by atoms with E-state index >= 15 is 0 Å². The number of esters is 1. The standard InChI is InChI=1S/C30H43N7O8/c1-18(2)11-21(26(40)33-15-25(39)45-30(3,4)5)35-28(42)23(13-24(31)38)36-27(41)22(12-20-14-32-17-34-20)37-29(43)44-16-19-9-7-6-8-10-19/h6-10,14,17-18,21-23H,11-13,15-16H2,1-5H3,(H2,31,38)(H,32,34)(H,33,40)(H,35,42)(H,36,41)(H,37,43)/t21-,22-,23-/m1/s1. The molecule has 0 saturated heterocycles. The summed E-state index contributed by atoms with van der Waals surface area (Å²) in [6, 6.07) is 5.05. The number of nitrogens with zero attached hydrogens (tertiary/aromatic N) is 1. The van der Waals surface area contributed by atoms with Gasteiger partial charge in [0.05, 0.1) is 12.7 Å². The number of alkyl carbamates (subject to hydrolysis) is 1. The summed E-state index contributed by atoms with van der Waals surface area (Å²) in [4.78, 5) is 82.9. The number of carbonyl (C=O) groups is 6. The van der Waals surface area contributed by atoms with E-state index in [9.17, 15) is 28.8 Å². The predicted octanol–water partition coefficient (Wildman–Crippen LogP) is 0.596. The maximum atomic E-state index is 13.4. The van der Waals surface area contributed by atoms with Crippen LogP contribution in [0.5, 0.6) is 0 Å². The highest BCUT2D eigenvalue weighted by Gasteiger charge is 2.32. The van der Waals surface area contributed by atoms with Gasteiger partial charge in [0.2, 0.25) is 23.6 Å². The van der Waals surface area contributed by atoms with Gasteiger partial charge in [-0.25, -0.2) is 9.78 Å². The Morgan fingerprint density at radius 2 is 1.56 bits per heavy atom. The van der Waals surface area contributed by atoms with Gasteiger partial charge >= 0.3 is 12.1 Å². The highest BCUT2D eigenvalue weighted by molar-refractivity contribution is 5.96. The molecule has 1 aromatic carbocycles. The minimum absolute atomic E-state index is 0.0506. The number of nitrogens with one attached hydrogen (secondary N) is 5. The third-order valence-electron chi connectivity index (χ3n) is 6.01. The fraction of sp³-hybridized carbons (Fsp3) is 0.500. The van der Waals surface area contributed by atoms with Crippen LogP contribution in [0.2, 0.25) is 0 Å². The molecule has 5 amide bonds. The average Bonchev–Trinajstić information content (AvgIpc) is 3.46. The molecule has 3 atom stereocenters. The summed E-state index contributed by atoms with van der Waals surface area (Å²) in [6.07, 6.45) is 1.48. The van der Waals surface area contributed by atoms with E-state index in [-0.39, 0.29) is 25.4 Å². The second-order valence-corrected chi connectivity index (χ2v) is 11.8. The normalized spacial score (nSPS) is 13.1. The van der Waals surface area contributed by atoms with Gasteiger partial charge in [-0.05, 0) is 38.7 Å². The van der Waals surface area contributed by atoms with Crippen molar-refractivity contribution in [3.05, 3.63) is 54.1 Å². The zero-order valence-electron chi connectivity index (χ0n) is 26.2. The van der Waals surface area contributed by atoms with E-state index < -0.39 is 72.4 Å². The van der Waals surface area contributed by atoms with Crippen LogP contribution in [-0.2, 0) is 46.5 Å². The summed E-state index contributed by atoms with van der Waals surface area (Å²) in [5, 5.41) is 9.91. The first-order chi connectivity index (χ1) is 21.1. The number of imidazole rings is 1. The van der Waals surface area contributed by atoms with Crippen LogP contribution < -0.4 is 27.0 Å². The Hall–Kier alpha value is -4.95. The van der Waals surface area contributed by atoms with E-state index in [2.05, 4.69) is 31.2 Å². The molecule has 45 heavy (non-hydrogen) atoms. The zero-order valence-corrected chi connectivity index (χ0v) is 26.2. The molecule has 15 nitrogen and oxygen atoms in total. The molecule has 1 heterocycles. The largest absolute Gasteiger partial charge is 0.459 e. The molecular formula is C30H43N7O8. The van der Waals surface area contributed by atoms with E-state index in [1.54, 1.807) is 45.0 Å². The number of primary amides is 1. The minimum atomic E-state index is -1.49. The SMILES string of the molecule is CC(C)C[C@@H](NC(=O)[C@@H](CC(N)=O)NC(=O)[C@@H](Cc1cnc[nH]1)NC(=O)OCc1ccccc1)C(=O)NCC(=O)OC(C)(C)C. The lowest BCUT2D eigenvalue weighted by molar-refractivity contribution is -0.154. The highest BCUT2D eigenvalue weighted by Crippen LogP contribution is 2.09. The Bertz CT molecular complexity index is 1290. The number of aromatic nitrogens is 2. The molecule has 0 aliphatic heterocycles. The van der Waals surface area contributed by atoms with Crippen LogP contribution in [0.15, 0.2) is 42.9 Å². The van der Waals surface area contributed by atoms with Crippen molar-refractivity contribution in [3.8, 4) is 0 Å². The first kappa shape index (κ1) is 36.2. The number of aromatic amines is 1. The van der Waals surface area contributed by atoms with Crippen LogP contribution >= 0.6 is 0 Å². The second-order valence-electron chi connectivity index (χ2n) is 11.8. The van der Waals surface area contributed by atoms with Crippen molar-refractivity contribution in [2.75, 3.05) is 6.54 Å². The molecule has 2 rings (SSSR count). The van der Waals surface area contributed by atoms with Crippen molar-refractivity contribution in [1.29, 1.82) is 0 Å². The van der Waals surface area contributed by atoms with Gasteiger partial charge in [-0.2, -0.15) is 0 Å². The summed E-state index contributed by atoms with van der Waals surface area (Å²) in [6.45, 7) is 8.23. The lowest BCUT2D eigenvalue weighted by atomic mass is 10.0. The van der Waals surface area contributed by atoms with E-state index in [0.29, 0.717) is 5.69 Å². The molecule has 246 valence electrons. The zero-order chi connectivity index (χ0) is 33.6. The first-order valence-electron chi connectivity index (χ1n) is 14.5. The Morgan fingerprint density at radius 3 is 2.13 bits per heavy atom. The Labute approximate surface area is 261 Å². The van der Waals surface area contributed by atoms with E-state index in [4.69, 9.17) is 15.2 Å². The van der Waals surface area contributed by atoms with Gasteiger partial charge in [0.1, 0.15) is 36.9 Å². The molecule has 0 saturated carbocycles. The maximum Gasteiger partial charge on any atom is 0.408 e.